The highest BCUT2D eigenvalue weighted by molar-refractivity contribution is 5.79. The molecule has 3 N–H and O–H groups in total. The smallest absolute Gasteiger partial charge is 0.137 e. The van der Waals surface area contributed by atoms with E-state index in [1.807, 2.05) is 19.2 Å². The summed E-state index contributed by atoms with van der Waals surface area (Å²) in [4.78, 5) is 7.40. The fourth-order valence-corrected chi connectivity index (χ4v) is 1.60. The lowest BCUT2D eigenvalue weighted by Crippen LogP contribution is -2.15. The van der Waals surface area contributed by atoms with Crippen LogP contribution in [0.3, 0.4) is 0 Å². The summed E-state index contributed by atoms with van der Waals surface area (Å²) < 4.78 is 0. The number of nitrogens with two attached hydrogens (primary N) is 1. The lowest BCUT2D eigenvalue weighted by atomic mass is 10.1. The van der Waals surface area contributed by atoms with Crippen LogP contribution >= 0.6 is 0 Å². The molecule has 2 heterocycles. The molecule has 0 radical (unpaired) electrons. The van der Waals surface area contributed by atoms with E-state index < -0.39 is 0 Å². The fourth-order valence-electron chi connectivity index (χ4n) is 1.60. The van der Waals surface area contributed by atoms with Gasteiger partial charge in [0.1, 0.15) is 5.65 Å². The second-order valence-corrected chi connectivity index (χ2v) is 3.73. The second kappa shape index (κ2) is 3.80. The van der Waals surface area contributed by atoms with Gasteiger partial charge in [-0.3, -0.25) is 0 Å². The summed E-state index contributed by atoms with van der Waals surface area (Å²) >= 11 is 0. The lowest BCUT2D eigenvalue weighted by molar-refractivity contribution is 0.668. The highest BCUT2D eigenvalue weighted by Gasteiger charge is 2.04. The monoisotopic (exact) mass is 189 g/mol. The molecule has 0 aliphatic rings. The normalized spacial score (nSPS) is 13.3. The molecule has 0 unspecified atom stereocenters. The van der Waals surface area contributed by atoms with Crippen LogP contribution in [0.1, 0.15) is 18.9 Å². The Morgan fingerprint density at radius 1 is 1.57 bits per heavy atom. The van der Waals surface area contributed by atoms with E-state index in [0.29, 0.717) is 0 Å². The fraction of sp³-hybridized carbons (Fsp3) is 0.364. The molecule has 0 saturated carbocycles. The minimum absolute atomic E-state index is 0.261. The van der Waals surface area contributed by atoms with Crippen molar-refractivity contribution >= 4 is 11.0 Å². The molecule has 2 aromatic rings. The molecule has 0 amide bonds. The van der Waals surface area contributed by atoms with Crippen LogP contribution in [0.4, 0.5) is 0 Å². The van der Waals surface area contributed by atoms with Crippen molar-refractivity contribution < 1.29 is 0 Å². The Kier molecular flexibility index (Phi) is 2.50. The summed E-state index contributed by atoms with van der Waals surface area (Å²) in [5.74, 6) is 0. The summed E-state index contributed by atoms with van der Waals surface area (Å²) in [6, 6.07) is 4.32. The van der Waals surface area contributed by atoms with Crippen molar-refractivity contribution in [1.29, 1.82) is 0 Å². The van der Waals surface area contributed by atoms with Crippen molar-refractivity contribution in [3.8, 4) is 0 Å². The molecule has 0 fully saturated rings. The Morgan fingerprint density at radius 3 is 3.21 bits per heavy atom. The van der Waals surface area contributed by atoms with E-state index in [-0.39, 0.29) is 6.04 Å². The molecule has 0 spiro atoms. The van der Waals surface area contributed by atoms with Crippen molar-refractivity contribution in [2.45, 2.75) is 25.8 Å². The summed E-state index contributed by atoms with van der Waals surface area (Å²) in [5, 5.41) is 1.22. The number of aryl methyl sites for hydroxylation is 1. The number of H-pyrrole nitrogens is 1. The summed E-state index contributed by atoms with van der Waals surface area (Å²) in [7, 11) is 0. The Balaban J connectivity index is 2.25. The van der Waals surface area contributed by atoms with E-state index in [9.17, 15) is 0 Å². The zero-order chi connectivity index (χ0) is 9.97. The summed E-state index contributed by atoms with van der Waals surface area (Å²) in [6.07, 6.45) is 5.86. The number of pyridine rings is 1. The van der Waals surface area contributed by atoms with E-state index >= 15 is 0 Å². The van der Waals surface area contributed by atoms with Gasteiger partial charge < -0.3 is 10.7 Å². The summed E-state index contributed by atoms with van der Waals surface area (Å²) in [6.45, 7) is 2.03. The second-order valence-electron chi connectivity index (χ2n) is 3.73. The standard InChI is InChI=1S/C11H15N3/c1-8(12)4-5-9-7-14-11-10(9)3-2-6-13-11/h2-3,6-8H,4-5,12H2,1H3,(H,13,14)/t8-/m1/s1. The Bertz CT molecular complexity index is 417. The van der Waals surface area contributed by atoms with Crippen LogP contribution in [0.25, 0.3) is 11.0 Å². The maximum Gasteiger partial charge on any atom is 0.137 e. The van der Waals surface area contributed by atoms with Crippen LogP contribution in [0.2, 0.25) is 0 Å². The first-order valence-electron chi connectivity index (χ1n) is 4.94. The SMILES string of the molecule is C[C@@H](N)CCc1c[nH]c2ncccc12. The largest absolute Gasteiger partial charge is 0.346 e. The van der Waals surface area contributed by atoms with Crippen LogP contribution < -0.4 is 5.73 Å². The number of aromatic amines is 1. The van der Waals surface area contributed by atoms with Crippen molar-refractivity contribution in [3.05, 3.63) is 30.1 Å². The molecule has 74 valence electrons. The third-order valence-corrected chi connectivity index (χ3v) is 2.41. The average Bonchev–Trinajstić information content (AvgIpc) is 2.58. The molecule has 0 saturated heterocycles. The van der Waals surface area contributed by atoms with Gasteiger partial charge in [0.15, 0.2) is 0 Å². The van der Waals surface area contributed by atoms with Crippen LogP contribution in [0.15, 0.2) is 24.5 Å². The third kappa shape index (κ3) is 1.77. The lowest BCUT2D eigenvalue weighted by Gasteiger charge is -2.02. The van der Waals surface area contributed by atoms with Crippen LogP contribution in [0.5, 0.6) is 0 Å². The average molecular weight is 189 g/mol. The first-order chi connectivity index (χ1) is 6.77. The van der Waals surface area contributed by atoms with E-state index in [1.165, 1.54) is 10.9 Å². The van der Waals surface area contributed by atoms with Crippen LogP contribution in [0, 0.1) is 0 Å². The molecule has 0 aliphatic carbocycles. The minimum atomic E-state index is 0.261. The van der Waals surface area contributed by atoms with Gasteiger partial charge in [-0.05, 0) is 37.5 Å². The zero-order valence-corrected chi connectivity index (χ0v) is 8.33. The molecular weight excluding hydrogens is 174 g/mol. The van der Waals surface area contributed by atoms with E-state index in [4.69, 9.17) is 5.73 Å². The van der Waals surface area contributed by atoms with E-state index in [1.54, 1.807) is 6.20 Å². The number of hydrogen-bond donors (Lipinski definition) is 2. The van der Waals surface area contributed by atoms with Gasteiger partial charge in [0.2, 0.25) is 0 Å². The molecule has 0 aromatic carbocycles. The maximum absolute atomic E-state index is 5.73. The van der Waals surface area contributed by atoms with Gasteiger partial charge in [-0.2, -0.15) is 0 Å². The number of nitrogens with one attached hydrogen (secondary N) is 1. The predicted molar refractivity (Wildman–Crippen MR) is 58.1 cm³/mol. The Hall–Kier alpha value is -1.35. The Morgan fingerprint density at radius 2 is 2.43 bits per heavy atom. The van der Waals surface area contributed by atoms with Gasteiger partial charge in [-0.1, -0.05) is 0 Å². The quantitative estimate of drug-likeness (QED) is 0.774. The van der Waals surface area contributed by atoms with Crippen molar-refractivity contribution in [2.75, 3.05) is 0 Å². The number of aromatic nitrogens is 2. The van der Waals surface area contributed by atoms with Gasteiger partial charge >= 0.3 is 0 Å². The van der Waals surface area contributed by atoms with E-state index in [0.717, 1.165) is 18.5 Å². The van der Waals surface area contributed by atoms with Crippen LogP contribution in [-0.4, -0.2) is 16.0 Å². The minimum Gasteiger partial charge on any atom is -0.346 e. The molecule has 0 bridgehead atoms. The van der Waals surface area contributed by atoms with Crippen molar-refractivity contribution in [1.82, 2.24) is 9.97 Å². The van der Waals surface area contributed by atoms with Crippen LogP contribution in [-0.2, 0) is 6.42 Å². The highest BCUT2D eigenvalue weighted by Crippen LogP contribution is 2.17. The molecule has 2 rings (SSSR count). The van der Waals surface area contributed by atoms with Gasteiger partial charge in [0, 0.05) is 23.8 Å². The maximum atomic E-state index is 5.73. The number of fused-ring (bicyclic) bond motifs is 1. The molecule has 3 nitrogen and oxygen atoms in total. The highest BCUT2D eigenvalue weighted by atomic mass is 14.8. The first kappa shape index (κ1) is 9.21. The third-order valence-electron chi connectivity index (χ3n) is 2.41. The summed E-state index contributed by atoms with van der Waals surface area (Å²) in [5.41, 5.74) is 8.00. The molecule has 14 heavy (non-hydrogen) atoms. The predicted octanol–water partition coefficient (Wildman–Crippen LogP) is 1.84. The van der Waals surface area contributed by atoms with Gasteiger partial charge in [-0.25, -0.2) is 4.98 Å². The molecule has 1 atom stereocenters. The number of rotatable bonds is 3. The molecule has 3 heteroatoms. The molecule has 2 aromatic heterocycles. The van der Waals surface area contributed by atoms with Gasteiger partial charge in [0.05, 0.1) is 0 Å². The number of hydrogen-bond acceptors (Lipinski definition) is 2. The van der Waals surface area contributed by atoms with Gasteiger partial charge in [-0.15, -0.1) is 0 Å². The van der Waals surface area contributed by atoms with Crippen molar-refractivity contribution in [3.63, 3.8) is 0 Å². The number of nitrogens with zero attached hydrogens (tertiary/aromatic N) is 1. The zero-order valence-electron chi connectivity index (χ0n) is 8.33. The topological polar surface area (TPSA) is 54.7 Å². The van der Waals surface area contributed by atoms with E-state index in [2.05, 4.69) is 16.0 Å². The first-order valence-corrected chi connectivity index (χ1v) is 4.94. The van der Waals surface area contributed by atoms with Gasteiger partial charge in [0.25, 0.3) is 0 Å². The molecule has 0 aliphatic heterocycles. The molecular formula is C11H15N3. The Labute approximate surface area is 83.3 Å². The van der Waals surface area contributed by atoms with Crippen molar-refractivity contribution in [2.24, 2.45) is 5.73 Å².